The van der Waals surface area contributed by atoms with Gasteiger partial charge in [-0.2, -0.15) is 0 Å². The Labute approximate surface area is 88.0 Å². The maximum absolute atomic E-state index is 9.69. The van der Waals surface area contributed by atoms with Crippen molar-refractivity contribution in [2.45, 2.75) is 50.0 Å². The van der Waals surface area contributed by atoms with Crippen molar-refractivity contribution < 1.29 is 5.11 Å². The number of hydrogen-bond acceptors (Lipinski definition) is 3. The summed E-state index contributed by atoms with van der Waals surface area (Å²) >= 11 is 1.80. The molecular formula is C11H15NOS. The van der Waals surface area contributed by atoms with Crippen molar-refractivity contribution >= 4 is 11.3 Å². The molecule has 0 unspecified atom stereocenters. The van der Waals surface area contributed by atoms with E-state index in [9.17, 15) is 5.11 Å². The Bertz CT molecular complexity index is 339. The third-order valence-corrected chi connectivity index (χ3v) is 4.23. The number of aromatic nitrogens is 1. The van der Waals surface area contributed by atoms with E-state index >= 15 is 0 Å². The molecule has 0 atom stereocenters. The van der Waals surface area contributed by atoms with Gasteiger partial charge in [-0.1, -0.05) is 0 Å². The Morgan fingerprint density at radius 3 is 2.93 bits per heavy atom. The summed E-state index contributed by atoms with van der Waals surface area (Å²) in [6, 6.07) is 0. The zero-order chi connectivity index (χ0) is 9.60. The molecule has 0 saturated heterocycles. The van der Waals surface area contributed by atoms with E-state index in [1.807, 2.05) is 0 Å². The first-order chi connectivity index (χ1) is 6.75. The van der Waals surface area contributed by atoms with E-state index < -0.39 is 0 Å². The molecule has 76 valence electrons. The normalized spacial score (nSPS) is 23.8. The molecule has 14 heavy (non-hydrogen) atoms. The average Bonchev–Trinajstić information content (AvgIpc) is 3.08. The first-order valence-corrected chi connectivity index (χ1v) is 6.30. The Balaban J connectivity index is 1.59. The second-order valence-corrected chi connectivity index (χ2v) is 5.57. The summed E-state index contributed by atoms with van der Waals surface area (Å²) in [5, 5.41) is 13.2. The highest BCUT2D eigenvalue weighted by Crippen LogP contribution is 2.42. The quantitative estimate of drug-likeness (QED) is 0.826. The summed E-state index contributed by atoms with van der Waals surface area (Å²) in [7, 11) is 0. The van der Waals surface area contributed by atoms with Crippen molar-refractivity contribution in [3.63, 3.8) is 0 Å². The predicted octanol–water partition coefficient (Wildman–Crippen LogP) is 2.48. The van der Waals surface area contributed by atoms with Crippen molar-refractivity contribution in [2.24, 2.45) is 0 Å². The highest BCUT2D eigenvalue weighted by atomic mass is 32.1. The molecule has 2 nitrogen and oxygen atoms in total. The van der Waals surface area contributed by atoms with E-state index in [1.54, 1.807) is 11.3 Å². The molecule has 1 aromatic heterocycles. The Morgan fingerprint density at radius 2 is 2.29 bits per heavy atom. The van der Waals surface area contributed by atoms with Crippen molar-refractivity contribution in [1.82, 2.24) is 4.98 Å². The minimum Gasteiger partial charge on any atom is -0.390 e. The van der Waals surface area contributed by atoms with Crippen LogP contribution in [0.1, 0.15) is 48.7 Å². The van der Waals surface area contributed by atoms with Gasteiger partial charge in [-0.15, -0.1) is 11.3 Å². The standard InChI is InChI=1S/C11H15NOS/c13-11(5-6-11)4-3-9-7-14-10(12-9)8-1-2-8/h7-8,13H,1-6H2. The van der Waals surface area contributed by atoms with Gasteiger partial charge in [-0.3, -0.25) is 0 Å². The summed E-state index contributed by atoms with van der Waals surface area (Å²) in [6.45, 7) is 0. The Hall–Kier alpha value is -0.410. The highest BCUT2D eigenvalue weighted by Gasteiger charge is 2.39. The molecule has 0 radical (unpaired) electrons. The van der Waals surface area contributed by atoms with Gasteiger partial charge in [0.15, 0.2) is 0 Å². The Kier molecular flexibility index (Phi) is 1.92. The molecule has 3 heteroatoms. The number of rotatable bonds is 4. The molecule has 2 aliphatic carbocycles. The summed E-state index contributed by atoms with van der Waals surface area (Å²) in [4.78, 5) is 4.61. The molecule has 0 aromatic carbocycles. The average molecular weight is 209 g/mol. The van der Waals surface area contributed by atoms with Crippen molar-refractivity contribution in [3.8, 4) is 0 Å². The lowest BCUT2D eigenvalue weighted by Crippen LogP contribution is -2.07. The molecule has 2 saturated carbocycles. The van der Waals surface area contributed by atoms with Crippen LogP contribution in [0.15, 0.2) is 5.38 Å². The van der Waals surface area contributed by atoms with Crippen LogP contribution in [0, 0.1) is 0 Å². The smallest absolute Gasteiger partial charge is 0.0959 e. The van der Waals surface area contributed by atoms with Crippen LogP contribution in [0.2, 0.25) is 0 Å². The molecule has 1 N–H and O–H groups in total. The number of hydrogen-bond donors (Lipinski definition) is 1. The van der Waals surface area contributed by atoms with Crippen LogP contribution in [-0.4, -0.2) is 15.7 Å². The van der Waals surface area contributed by atoms with E-state index in [2.05, 4.69) is 10.4 Å². The summed E-state index contributed by atoms with van der Waals surface area (Å²) in [6.07, 6.45) is 6.51. The van der Waals surface area contributed by atoms with Crippen LogP contribution in [0.3, 0.4) is 0 Å². The fraction of sp³-hybridized carbons (Fsp3) is 0.727. The summed E-state index contributed by atoms with van der Waals surface area (Å²) < 4.78 is 0. The topological polar surface area (TPSA) is 33.1 Å². The van der Waals surface area contributed by atoms with Gasteiger partial charge in [-0.25, -0.2) is 4.98 Å². The van der Waals surface area contributed by atoms with Gasteiger partial charge in [-0.05, 0) is 38.5 Å². The van der Waals surface area contributed by atoms with E-state index in [1.165, 1.54) is 23.5 Å². The third kappa shape index (κ3) is 1.84. The SMILES string of the molecule is OC1(CCc2csc(C3CC3)n2)CC1. The molecule has 0 aliphatic heterocycles. The van der Waals surface area contributed by atoms with Crippen molar-refractivity contribution in [2.75, 3.05) is 0 Å². The fourth-order valence-corrected chi connectivity index (χ4v) is 2.74. The van der Waals surface area contributed by atoms with Crippen LogP contribution in [0.5, 0.6) is 0 Å². The van der Waals surface area contributed by atoms with Gasteiger partial charge in [0.05, 0.1) is 16.3 Å². The minimum absolute atomic E-state index is 0.316. The molecule has 0 bridgehead atoms. The lowest BCUT2D eigenvalue weighted by atomic mass is 10.1. The maximum Gasteiger partial charge on any atom is 0.0959 e. The van der Waals surface area contributed by atoms with Crippen LogP contribution < -0.4 is 0 Å². The van der Waals surface area contributed by atoms with Gasteiger partial charge in [0.25, 0.3) is 0 Å². The molecule has 2 fully saturated rings. The number of nitrogens with zero attached hydrogens (tertiary/aromatic N) is 1. The lowest BCUT2D eigenvalue weighted by molar-refractivity contribution is 0.140. The molecule has 0 amide bonds. The molecule has 0 spiro atoms. The third-order valence-electron chi connectivity index (χ3n) is 3.17. The Morgan fingerprint density at radius 1 is 1.50 bits per heavy atom. The summed E-state index contributed by atoms with van der Waals surface area (Å²) in [5.41, 5.74) is 0.876. The number of thiazole rings is 1. The van der Waals surface area contributed by atoms with Gasteiger partial charge in [0.1, 0.15) is 0 Å². The second kappa shape index (κ2) is 3.04. The number of aryl methyl sites for hydroxylation is 1. The van der Waals surface area contributed by atoms with E-state index in [-0.39, 0.29) is 5.60 Å². The lowest BCUT2D eigenvalue weighted by Gasteiger charge is -2.03. The fourth-order valence-electron chi connectivity index (χ4n) is 1.71. The largest absolute Gasteiger partial charge is 0.390 e. The van der Waals surface area contributed by atoms with Crippen molar-refractivity contribution in [3.05, 3.63) is 16.1 Å². The van der Waals surface area contributed by atoms with Crippen LogP contribution in [0.4, 0.5) is 0 Å². The molecule has 1 heterocycles. The molecule has 1 aromatic rings. The number of aliphatic hydroxyl groups is 1. The second-order valence-electron chi connectivity index (χ2n) is 4.68. The van der Waals surface area contributed by atoms with E-state index in [4.69, 9.17) is 0 Å². The van der Waals surface area contributed by atoms with E-state index in [0.717, 1.165) is 31.6 Å². The first-order valence-electron chi connectivity index (χ1n) is 5.42. The van der Waals surface area contributed by atoms with Gasteiger partial charge in [0, 0.05) is 11.3 Å². The first kappa shape index (κ1) is 8.86. The predicted molar refractivity (Wildman–Crippen MR) is 56.6 cm³/mol. The van der Waals surface area contributed by atoms with Gasteiger partial charge in [0.2, 0.25) is 0 Å². The molecule has 2 aliphatic rings. The van der Waals surface area contributed by atoms with Crippen LogP contribution in [0.25, 0.3) is 0 Å². The zero-order valence-electron chi connectivity index (χ0n) is 8.20. The highest BCUT2D eigenvalue weighted by molar-refractivity contribution is 7.09. The minimum atomic E-state index is -0.316. The molecular weight excluding hydrogens is 194 g/mol. The van der Waals surface area contributed by atoms with Gasteiger partial charge >= 0.3 is 0 Å². The zero-order valence-corrected chi connectivity index (χ0v) is 9.02. The van der Waals surface area contributed by atoms with Gasteiger partial charge < -0.3 is 5.11 Å². The summed E-state index contributed by atoms with van der Waals surface area (Å²) in [5.74, 6) is 0.776. The van der Waals surface area contributed by atoms with Crippen molar-refractivity contribution in [1.29, 1.82) is 0 Å². The monoisotopic (exact) mass is 209 g/mol. The van der Waals surface area contributed by atoms with E-state index in [0.29, 0.717) is 0 Å². The maximum atomic E-state index is 9.69. The molecule has 3 rings (SSSR count). The van der Waals surface area contributed by atoms with Crippen LogP contribution in [-0.2, 0) is 6.42 Å². The van der Waals surface area contributed by atoms with Crippen LogP contribution >= 0.6 is 11.3 Å².